The van der Waals surface area contributed by atoms with Crippen LogP contribution in [-0.2, 0) is 0 Å². The number of benzene rings is 1. The van der Waals surface area contributed by atoms with Crippen LogP contribution in [0.2, 0.25) is 0 Å². The van der Waals surface area contributed by atoms with E-state index in [1.807, 2.05) is 36.0 Å². The van der Waals surface area contributed by atoms with Crippen molar-refractivity contribution in [1.82, 2.24) is 9.80 Å². The first-order valence-corrected chi connectivity index (χ1v) is 6.96. The molecule has 1 amide bonds. The van der Waals surface area contributed by atoms with Crippen LogP contribution in [0.5, 0.6) is 0 Å². The molecule has 0 aliphatic carbocycles. The number of rotatable bonds is 2. The molecule has 20 heavy (non-hydrogen) atoms. The van der Waals surface area contributed by atoms with Crippen LogP contribution < -0.4 is 10.6 Å². The smallest absolute Gasteiger partial charge is 0.254 e. The summed E-state index contributed by atoms with van der Waals surface area (Å²) >= 11 is 0. The van der Waals surface area contributed by atoms with E-state index in [1.54, 1.807) is 6.07 Å². The molecule has 0 aromatic heterocycles. The maximum Gasteiger partial charge on any atom is 0.254 e. The fourth-order valence-corrected chi connectivity index (χ4v) is 2.70. The number of likely N-dealkylation sites (N-methyl/N-ethyl adjacent to an activating group) is 1. The number of nitrogen functional groups attached to an aromatic ring is 1. The van der Waals surface area contributed by atoms with E-state index in [4.69, 9.17) is 5.73 Å². The quantitative estimate of drug-likeness (QED) is 0.822. The molecule has 110 valence electrons. The molecular weight excluding hydrogens is 252 g/mol. The summed E-state index contributed by atoms with van der Waals surface area (Å²) in [6, 6.07) is 5.78. The first kappa shape index (κ1) is 14.7. The Morgan fingerprint density at radius 1 is 1.35 bits per heavy atom. The minimum atomic E-state index is 0.0719. The van der Waals surface area contributed by atoms with Gasteiger partial charge in [0.1, 0.15) is 0 Å². The fraction of sp³-hybridized carbons (Fsp3) is 0.533. The minimum absolute atomic E-state index is 0.0719. The van der Waals surface area contributed by atoms with Gasteiger partial charge in [0, 0.05) is 45.3 Å². The van der Waals surface area contributed by atoms with Gasteiger partial charge in [0.2, 0.25) is 0 Å². The number of nitrogens with two attached hydrogens (primary N) is 1. The van der Waals surface area contributed by atoms with Crippen molar-refractivity contribution >= 4 is 17.3 Å². The maximum absolute atomic E-state index is 12.6. The number of anilines is 2. The number of nitrogens with zero attached hydrogens (tertiary/aromatic N) is 3. The number of piperazine rings is 1. The van der Waals surface area contributed by atoms with Crippen molar-refractivity contribution in [3.8, 4) is 0 Å². The van der Waals surface area contributed by atoms with Gasteiger partial charge in [-0.3, -0.25) is 4.79 Å². The Morgan fingerprint density at radius 2 is 2.05 bits per heavy atom. The molecule has 1 saturated heterocycles. The number of hydrogen-bond acceptors (Lipinski definition) is 4. The maximum atomic E-state index is 12.6. The molecular formula is C15H24N4O. The van der Waals surface area contributed by atoms with Crippen LogP contribution in [0.3, 0.4) is 0 Å². The molecule has 1 aromatic carbocycles. The summed E-state index contributed by atoms with van der Waals surface area (Å²) in [5.41, 5.74) is 8.28. The largest absolute Gasteiger partial charge is 0.397 e. The van der Waals surface area contributed by atoms with E-state index in [0.29, 0.717) is 11.3 Å². The molecule has 1 aliphatic heterocycles. The highest BCUT2D eigenvalue weighted by Crippen LogP contribution is 2.23. The van der Waals surface area contributed by atoms with E-state index in [-0.39, 0.29) is 11.9 Å². The first-order chi connectivity index (χ1) is 9.40. The van der Waals surface area contributed by atoms with Gasteiger partial charge in [0.05, 0.1) is 11.4 Å². The zero-order valence-corrected chi connectivity index (χ0v) is 12.8. The van der Waals surface area contributed by atoms with E-state index < -0.39 is 0 Å². The van der Waals surface area contributed by atoms with Crippen molar-refractivity contribution in [2.75, 3.05) is 51.4 Å². The second-order valence-electron chi connectivity index (χ2n) is 5.78. The van der Waals surface area contributed by atoms with Crippen molar-refractivity contribution < 1.29 is 4.79 Å². The molecule has 1 aromatic rings. The van der Waals surface area contributed by atoms with Crippen LogP contribution in [0.4, 0.5) is 11.4 Å². The van der Waals surface area contributed by atoms with Gasteiger partial charge in [-0.15, -0.1) is 0 Å². The van der Waals surface area contributed by atoms with Crippen LogP contribution in [0.25, 0.3) is 0 Å². The monoisotopic (exact) mass is 276 g/mol. The summed E-state index contributed by atoms with van der Waals surface area (Å²) in [5.74, 6) is 0.0719. The molecule has 2 rings (SSSR count). The van der Waals surface area contributed by atoms with E-state index in [9.17, 15) is 4.79 Å². The molecule has 0 radical (unpaired) electrons. The molecule has 1 heterocycles. The Bertz CT molecular complexity index is 501. The minimum Gasteiger partial charge on any atom is -0.397 e. The number of amides is 1. The average Bonchev–Trinajstić information content (AvgIpc) is 2.37. The summed E-state index contributed by atoms with van der Waals surface area (Å²) in [5, 5.41) is 0. The average molecular weight is 276 g/mol. The van der Waals surface area contributed by atoms with Gasteiger partial charge in [-0.25, -0.2) is 0 Å². The Kier molecular flexibility index (Phi) is 4.18. The molecule has 0 saturated carbocycles. The normalized spacial score (nSPS) is 20.0. The van der Waals surface area contributed by atoms with Crippen LogP contribution in [-0.4, -0.2) is 62.5 Å². The summed E-state index contributed by atoms with van der Waals surface area (Å²) in [4.78, 5) is 18.7. The molecule has 1 fully saturated rings. The molecule has 0 bridgehead atoms. The Morgan fingerprint density at radius 3 is 2.60 bits per heavy atom. The molecule has 1 unspecified atom stereocenters. The van der Waals surface area contributed by atoms with Crippen molar-refractivity contribution in [2.45, 2.75) is 13.0 Å². The Balaban J connectivity index is 2.19. The van der Waals surface area contributed by atoms with Gasteiger partial charge in [-0.1, -0.05) is 0 Å². The molecule has 1 atom stereocenters. The lowest BCUT2D eigenvalue weighted by molar-refractivity contribution is 0.0533. The molecule has 0 spiro atoms. The summed E-state index contributed by atoms with van der Waals surface area (Å²) < 4.78 is 0. The molecule has 5 heteroatoms. The summed E-state index contributed by atoms with van der Waals surface area (Å²) in [6.45, 7) is 4.69. The van der Waals surface area contributed by atoms with Gasteiger partial charge in [-0.2, -0.15) is 0 Å². The summed E-state index contributed by atoms with van der Waals surface area (Å²) in [7, 11) is 5.97. The molecule has 5 nitrogen and oxygen atoms in total. The third kappa shape index (κ3) is 2.88. The van der Waals surface area contributed by atoms with E-state index in [0.717, 1.165) is 25.3 Å². The summed E-state index contributed by atoms with van der Waals surface area (Å²) in [6.07, 6.45) is 0. The van der Waals surface area contributed by atoms with Crippen LogP contribution in [0.1, 0.15) is 17.3 Å². The van der Waals surface area contributed by atoms with Gasteiger partial charge in [-0.05, 0) is 32.2 Å². The van der Waals surface area contributed by atoms with Crippen molar-refractivity contribution in [3.63, 3.8) is 0 Å². The van der Waals surface area contributed by atoms with E-state index in [2.05, 4.69) is 18.9 Å². The lowest BCUT2D eigenvalue weighted by atomic mass is 10.1. The Hall–Kier alpha value is -1.75. The highest BCUT2D eigenvalue weighted by molar-refractivity contribution is 5.96. The lowest BCUT2D eigenvalue weighted by Crippen LogP contribution is -2.52. The predicted molar refractivity (Wildman–Crippen MR) is 83.2 cm³/mol. The number of hydrogen-bond donors (Lipinski definition) is 1. The van der Waals surface area contributed by atoms with Crippen LogP contribution in [0, 0.1) is 0 Å². The van der Waals surface area contributed by atoms with E-state index >= 15 is 0 Å². The van der Waals surface area contributed by atoms with Gasteiger partial charge < -0.3 is 20.4 Å². The van der Waals surface area contributed by atoms with Crippen LogP contribution >= 0.6 is 0 Å². The van der Waals surface area contributed by atoms with E-state index in [1.165, 1.54) is 0 Å². The van der Waals surface area contributed by atoms with Gasteiger partial charge in [0.25, 0.3) is 5.91 Å². The topological polar surface area (TPSA) is 52.8 Å². The SMILES string of the molecule is CC1CN(C)CCN1C(=O)c1ccc(N(C)C)c(N)c1. The van der Waals surface area contributed by atoms with Gasteiger partial charge >= 0.3 is 0 Å². The second-order valence-corrected chi connectivity index (χ2v) is 5.78. The number of carbonyl (C=O) groups is 1. The van der Waals surface area contributed by atoms with Gasteiger partial charge in [0.15, 0.2) is 0 Å². The second kappa shape index (κ2) is 5.71. The van der Waals surface area contributed by atoms with Crippen LogP contribution in [0.15, 0.2) is 18.2 Å². The highest BCUT2D eigenvalue weighted by Gasteiger charge is 2.26. The number of carbonyl (C=O) groups excluding carboxylic acids is 1. The van der Waals surface area contributed by atoms with Crippen molar-refractivity contribution in [1.29, 1.82) is 0 Å². The molecule has 2 N–H and O–H groups in total. The van der Waals surface area contributed by atoms with Crippen molar-refractivity contribution in [2.24, 2.45) is 0 Å². The fourth-order valence-electron chi connectivity index (χ4n) is 2.70. The first-order valence-electron chi connectivity index (χ1n) is 6.96. The van der Waals surface area contributed by atoms with Crippen molar-refractivity contribution in [3.05, 3.63) is 23.8 Å². The zero-order valence-electron chi connectivity index (χ0n) is 12.8. The third-order valence-corrected chi connectivity index (χ3v) is 3.85. The lowest BCUT2D eigenvalue weighted by Gasteiger charge is -2.38. The molecule has 1 aliphatic rings. The predicted octanol–water partition coefficient (Wildman–Crippen LogP) is 1.11. The highest BCUT2D eigenvalue weighted by atomic mass is 16.2. The standard InChI is InChI=1S/C15H24N4O/c1-11-10-18(4)7-8-19(11)15(20)12-5-6-14(17(2)3)13(16)9-12/h5-6,9,11H,7-8,10,16H2,1-4H3. The zero-order chi connectivity index (χ0) is 14.9. The third-order valence-electron chi connectivity index (χ3n) is 3.85. The Labute approximate surface area is 120 Å².